The number of anilines is 2. The highest BCUT2D eigenvalue weighted by molar-refractivity contribution is 5.92. The fourth-order valence-electron chi connectivity index (χ4n) is 2.49. The van der Waals surface area contributed by atoms with Crippen LogP contribution in [0.4, 0.5) is 11.6 Å². The van der Waals surface area contributed by atoms with Crippen molar-refractivity contribution in [2.75, 3.05) is 18.4 Å². The summed E-state index contributed by atoms with van der Waals surface area (Å²) in [5.41, 5.74) is 3.38. The van der Waals surface area contributed by atoms with Crippen LogP contribution in [0.2, 0.25) is 0 Å². The Morgan fingerprint density at radius 1 is 1.12 bits per heavy atom. The summed E-state index contributed by atoms with van der Waals surface area (Å²) in [6, 6.07) is 9.92. The molecule has 0 fully saturated rings. The zero-order valence-corrected chi connectivity index (χ0v) is 15.1. The molecule has 0 aliphatic rings. The summed E-state index contributed by atoms with van der Waals surface area (Å²) in [6.07, 6.45) is 0. The van der Waals surface area contributed by atoms with Crippen molar-refractivity contribution in [1.29, 1.82) is 0 Å². The van der Waals surface area contributed by atoms with Gasteiger partial charge in [-0.15, -0.1) is 0 Å². The number of hydrogen-bond acceptors (Lipinski definition) is 4. The van der Waals surface area contributed by atoms with Gasteiger partial charge in [0, 0.05) is 24.5 Å². The predicted octanol–water partition coefficient (Wildman–Crippen LogP) is 4.13. The number of amides is 1. The van der Waals surface area contributed by atoms with Crippen LogP contribution in [0.5, 0.6) is 0 Å². The lowest BCUT2D eigenvalue weighted by molar-refractivity contribution is 0.0767. The number of benzene rings is 1. The highest BCUT2D eigenvalue weighted by Gasteiger charge is 2.16. The van der Waals surface area contributed by atoms with Gasteiger partial charge in [-0.1, -0.05) is 26.0 Å². The van der Waals surface area contributed by atoms with E-state index in [1.54, 1.807) is 11.0 Å². The minimum atomic E-state index is -0.0660. The van der Waals surface area contributed by atoms with E-state index in [4.69, 9.17) is 0 Å². The largest absolute Gasteiger partial charge is 0.338 e. The second-order valence-electron chi connectivity index (χ2n) is 6.10. The first-order chi connectivity index (χ1) is 11.4. The van der Waals surface area contributed by atoms with Crippen LogP contribution in [0.3, 0.4) is 0 Å². The Hall–Kier alpha value is -2.43. The molecule has 0 radical (unpaired) electrons. The van der Waals surface area contributed by atoms with Gasteiger partial charge in [0.05, 0.1) is 0 Å². The van der Waals surface area contributed by atoms with Gasteiger partial charge in [-0.25, -0.2) is 9.97 Å². The molecular formula is C19H26N4O. The van der Waals surface area contributed by atoms with E-state index >= 15 is 0 Å². The summed E-state index contributed by atoms with van der Waals surface area (Å²) in [6.45, 7) is 11.5. The molecule has 0 atom stereocenters. The molecule has 0 bridgehead atoms. The molecule has 2 rings (SSSR count). The summed E-state index contributed by atoms with van der Waals surface area (Å²) in [5, 5.41) is 3.19. The molecule has 1 aromatic heterocycles. The summed E-state index contributed by atoms with van der Waals surface area (Å²) in [5.74, 6) is 0.874. The molecule has 1 aromatic carbocycles. The van der Waals surface area contributed by atoms with Gasteiger partial charge in [-0.3, -0.25) is 4.79 Å². The lowest BCUT2D eigenvalue weighted by atomic mass is 10.0. The minimum Gasteiger partial charge on any atom is -0.338 e. The molecule has 0 spiro atoms. The number of aromatic nitrogens is 2. The van der Waals surface area contributed by atoms with Gasteiger partial charge < -0.3 is 10.2 Å². The Bertz CT molecular complexity index is 691. The van der Waals surface area contributed by atoms with E-state index in [1.165, 1.54) is 5.56 Å². The molecule has 1 N–H and O–H groups in total. The molecule has 0 aliphatic carbocycles. The molecule has 24 heavy (non-hydrogen) atoms. The predicted molar refractivity (Wildman–Crippen MR) is 97.8 cm³/mol. The number of rotatable bonds is 6. The standard InChI is InChI=1S/C19H26N4O/c1-6-23(7-2)18(24)17-12-14(5)20-19(22-17)21-16-10-8-15(9-11-16)13(3)4/h8-13H,6-7H2,1-5H3,(H,20,21,22). The summed E-state index contributed by atoms with van der Waals surface area (Å²) in [4.78, 5) is 23.0. The summed E-state index contributed by atoms with van der Waals surface area (Å²) in [7, 11) is 0. The third-order valence-electron chi connectivity index (χ3n) is 3.96. The van der Waals surface area contributed by atoms with Crippen molar-refractivity contribution in [2.24, 2.45) is 0 Å². The van der Waals surface area contributed by atoms with E-state index in [0.29, 0.717) is 30.6 Å². The molecule has 0 unspecified atom stereocenters. The van der Waals surface area contributed by atoms with Crippen LogP contribution in [0.15, 0.2) is 30.3 Å². The average Bonchev–Trinajstić information content (AvgIpc) is 2.55. The molecule has 2 aromatic rings. The SMILES string of the molecule is CCN(CC)C(=O)c1cc(C)nc(Nc2ccc(C(C)C)cc2)n1. The Morgan fingerprint density at radius 3 is 2.29 bits per heavy atom. The second kappa shape index (κ2) is 7.90. The van der Waals surface area contributed by atoms with Crippen LogP contribution >= 0.6 is 0 Å². The van der Waals surface area contributed by atoms with Gasteiger partial charge in [0.15, 0.2) is 0 Å². The first kappa shape index (κ1) is 17.9. The van der Waals surface area contributed by atoms with Gasteiger partial charge in [0.2, 0.25) is 5.95 Å². The molecule has 1 heterocycles. The van der Waals surface area contributed by atoms with Gasteiger partial charge in [-0.2, -0.15) is 0 Å². The van der Waals surface area contributed by atoms with Gasteiger partial charge in [0.25, 0.3) is 5.91 Å². The maximum absolute atomic E-state index is 12.5. The van der Waals surface area contributed by atoms with E-state index in [2.05, 4.69) is 41.3 Å². The summed E-state index contributed by atoms with van der Waals surface area (Å²) >= 11 is 0. The Kier molecular flexibility index (Phi) is 5.90. The zero-order valence-electron chi connectivity index (χ0n) is 15.1. The fourth-order valence-corrected chi connectivity index (χ4v) is 2.49. The van der Waals surface area contributed by atoms with Crippen molar-refractivity contribution in [3.63, 3.8) is 0 Å². The van der Waals surface area contributed by atoms with Crippen molar-refractivity contribution >= 4 is 17.5 Å². The lowest BCUT2D eigenvalue weighted by Gasteiger charge is -2.18. The Balaban J connectivity index is 2.23. The minimum absolute atomic E-state index is 0.0660. The van der Waals surface area contributed by atoms with Gasteiger partial charge in [-0.05, 0) is 50.5 Å². The highest BCUT2D eigenvalue weighted by Crippen LogP contribution is 2.19. The molecule has 5 nitrogen and oxygen atoms in total. The van der Waals surface area contributed by atoms with Crippen molar-refractivity contribution in [3.05, 3.63) is 47.3 Å². The van der Waals surface area contributed by atoms with Crippen LogP contribution in [0, 0.1) is 6.92 Å². The topological polar surface area (TPSA) is 58.1 Å². The number of nitrogens with zero attached hydrogens (tertiary/aromatic N) is 3. The maximum atomic E-state index is 12.5. The van der Waals surface area contributed by atoms with Crippen LogP contribution in [0.1, 0.15) is 55.4 Å². The average molecular weight is 326 g/mol. The Morgan fingerprint density at radius 2 is 1.75 bits per heavy atom. The molecule has 0 saturated heterocycles. The van der Waals surface area contributed by atoms with Crippen LogP contribution in [-0.2, 0) is 0 Å². The smallest absolute Gasteiger partial charge is 0.272 e. The van der Waals surface area contributed by atoms with E-state index in [0.717, 1.165) is 11.4 Å². The monoisotopic (exact) mass is 326 g/mol. The number of carbonyl (C=O) groups excluding carboxylic acids is 1. The van der Waals surface area contributed by atoms with Crippen molar-refractivity contribution in [1.82, 2.24) is 14.9 Å². The van der Waals surface area contributed by atoms with Crippen molar-refractivity contribution < 1.29 is 4.79 Å². The number of carbonyl (C=O) groups is 1. The first-order valence-electron chi connectivity index (χ1n) is 8.46. The third kappa shape index (κ3) is 4.31. The zero-order chi connectivity index (χ0) is 17.7. The maximum Gasteiger partial charge on any atom is 0.272 e. The van der Waals surface area contributed by atoms with Gasteiger partial charge in [0.1, 0.15) is 5.69 Å². The molecule has 0 aliphatic heterocycles. The lowest BCUT2D eigenvalue weighted by Crippen LogP contribution is -2.31. The first-order valence-corrected chi connectivity index (χ1v) is 8.46. The fraction of sp³-hybridized carbons (Fsp3) is 0.421. The molecule has 1 amide bonds. The van der Waals surface area contributed by atoms with Gasteiger partial charge >= 0.3 is 0 Å². The number of nitrogens with one attached hydrogen (secondary N) is 1. The molecule has 0 saturated carbocycles. The van der Waals surface area contributed by atoms with E-state index in [-0.39, 0.29) is 5.91 Å². The van der Waals surface area contributed by atoms with E-state index in [9.17, 15) is 4.79 Å². The van der Waals surface area contributed by atoms with Crippen molar-refractivity contribution in [2.45, 2.75) is 40.5 Å². The molecule has 5 heteroatoms. The van der Waals surface area contributed by atoms with Crippen LogP contribution in [0.25, 0.3) is 0 Å². The number of hydrogen-bond donors (Lipinski definition) is 1. The van der Waals surface area contributed by atoms with Crippen LogP contribution in [-0.4, -0.2) is 33.9 Å². The molecular weight excluding hydrogens is 300 g/mol. The normalized spacial score (nSPS) is 10.8. The highest BCUT2D eigenvalue weighted by atomic mass is 16.2. The molecule has 128 valence electrons. The number of aryl methyl sites for hydroxylation is 1. The summed E-state index contributed by atoms with van der Waals surface area (Å²) < 4.78 is 0. The van der Waals surface area contributed by atoms with E-state index in [1.807, 2.05) is 32.9 Å². The quantitative estimate of drug-likeness (QED) is 0.867. The second-order valence-corrected chi connectivity index (χ2v) is 6.10. The Labute approximate surface area is 144 Å². The third-order valence-corrected chi connectivity index (χ3v) is 3.96. The van der Waals surface area contributed by atoms with Crippen molar-refractivity contribution in [3.8, 4) is 0 Å². The van der Waals surface area contributed by atoms with E-state index < -0.39 is 0 Å². The van der Waals surface area contributed by atoms with Crippen LogP contribution < -0.4 is 5.32 Å².